The maximum absolute atomic E-state index is 12.6. The molecule has 12 heteroatoms. The van der Waals surface area contributed by atoms with Crippen LogP contribution in [0, 0.1) is 5.41 Å². The van der Waals surface area contributed by atoms with E-state index >= 15 is 0 Å². The number of sulfone groups is 1. The van der Waals surface area contributed by atoms with E-state index in [1.165, 1.54) is 19.3 Å². The average Bonchev–Trinajstić information content (AvgIpc) is 3.27. The number of hydrogen-bond acceptors (Lipinski definition) is 9. The van der Waals surface area contributed by atoms with Gasteiger partial charge in [-0.05, 0) is 59.1 Å². The van der Waals surface area contributed by atoms with Crippen molar-refractivity contribution in [1.82, 2.24) is 5.01 Å². The highest BCUT2D eigenvalue weighted by atomic mass is 32.3. The van der Waals surface area contributed by atoms with Crippen molar-refractivity contribution in [2.45, 2.75) is 19.8 Å². The van der Waals surface area contributed by atoms with Gasteiger partial charge in [-0.1, -0.05) is 32.0 Å². The van der Waals surface area contributed by atoms with Crippen molar-refractivity contribution in [3.63, 3.8) is 0 Å². The number of esters is 1. The van der Waals surface area contributed by atoms with Crippen LogP contribution in [0.5, 0.6) is 11.5 Å². The molecule has 0 aliphatic carbocycles. The predicted octanol–water partition coefficient (Wildman–Crippen LogP) is 3.66. The third kappa shape index (κ3) is 5.09. The Kier molecular flexibility index (Phi) is 6.83. The number of carbonyl (C=O) groups excluding carboxylic acids is 2. The molecule has 0 bridgehead atoms. The predicted molar refractivity (Wildman–Crippen MR) is 138 cm³/mol. The highest BCUT2D eigenvalue weighted by Gasteiger charge is 2.38. The molecule has 1 N–H and O–H groups in total. The maximum atomic E-state index is 12.6. The van der Waals surface area contributed by atoms with Crippen molar-refractivity contribution in [3.8, 4) is 11.5 Å². The molecule has 0 atom stereocenters. The normalized spacial score (nSPS) is 16.7. The van der Waals surface area contributed by atoms with Gasteiger partial charge in [0.2, 0.25) is 19.4 Å². The monoisotopic (exact) mass is 526 g/mol. The van der Waals surface area contributed by atoms with Crippen molar-refractivity contribution in [3.05, 3.63) is 64.7 Å². The van der Waals surface area contributed by atoms with Crippen LogP contribution in [0.4, 0.5) is 0 Å². The molecule has 2 aliphatic rings. The molecule has 2 aliphatic heterocycles. The van der Waals surface area contributed by atoms with Gasteiger partial charge in [0.25, 0.3) is 5.91 Å². The number of amidine groups is 2. The number of rotatable bonds is 5. The van der Waals surface area contributed by atoms with E-state index in [1.807, 2.05) is 12.1 Å². The first-order valence-electron chi connectivity index (χ1n) is 10.7. The highest BCUT2D eigenvalue weighted by Crippen LogP contribution is 2.32. The number of hydrazone groups is 1. The molecule has 0 fully saturated rings. The van der Waals surface area contributed by atoms with Crippen LogP contribution in [-0.2, 0) is 14.6 Å². The number of aliphatic imine (C=N–C) groups is 1. The van der Waals surface area contributed by atoms with Crippen LogP contribution < -0.4 is 9.47 Å². The fraction of sp³-hybridized carbons (Fsp3) is 0.208. The zero-order valence-corrected chi connectivity index (χ0v) is 21.4. The Labute approximate surface area is 212 Å². The molecular formula is C24H22N4O6S2. The second-order valence-electron chi connectivity index (χ2n) is 8.23. The minimum atomic E-state index is -3.62. The van der Waals surface area contributed by atoms with E-state index < -0.39 is 21.7 Å². The van der Waals surface area contributed by atoms with Gasteiger partial charge in [-0.15, -0.1) is 5.10 Å². The Morgan fingerprint density at radius 1 is 1.14 bits per heavy atom. The Hall–Kier alpha value is -3.77. The number of ether oxygens (including phenoxy) is 2. The van der Waals surface area contributed by atoms with Crippen LogP contribution in [0.1, 0.15) is 41.3 Å². The van der Waals surface area contributed by atoms with Crippen LogP contribution in [0.2, 0.25) is 0 Å². The minimum absolute atomic E-state index is 0.00356. The number of methoxy groups -OCH3 is 1. The second kappa shape index (κ2) is 9.70. The summed E-state index contributed by atoms with van der Waals surface area (Å²) in [6, 6.07) is 11.8. The van der Waals surface area contributed by atoms with E-state index in [0.29, 0.717) is 28.8 Å². The summed E-state index contributed by atoms with van der Waals surface area (Å²) in [5, 5.41) is 13.3. The number of benzene rings is 2. The van der Waals surface area contributed by atoms with Crippen molar-refractivity contribution < 1.29 is 27.5 Å². The first kappa shape index (κ1) is 25.3. The minimum Gasteiger partial charge on any atom is -0.493 e. The molecule has 36 heavy (non-hydrogen) atoms. The van der Waals surface area contributed by atoms with E-state index in [2.05, 4.69) is 23.9 Å². The van der Waals surface area contributed by atoms with E-state index in [0.717, 1.165) is 16.8 Å². The van der Waals surface area contributed by atoms with Crippen molar-refractivity contribution >= 4 is 54.9 Å². The Balaban J connectivity index is 1.58. The SMILES string of the molecule is COc1cc(/C=C2\C(=N)N3N=C(S(C)(=O)=O)SC3=NC2=O)ccc1OC(=O)c1ccc(C(C)C)cc1. The molecule has 0 radical (unpaired) electrons. The van der Waals surface area contributed by atoms with E-state index in [9.17, 15) is 18.0 Å². The molecule has 186 valence electrons. The van der Waals surface area contributed by atoms with Crippen molar-refractivity contribution in [2.24, 2.45) is 10.1 Å². The number of thioether (sulfide) groups is 1. The lowest BCUT2D eigenvalue weighted by Gasteiger charge is -2.20. The fourth-order valence-corrected chi connectivity index (χ4v) is 5.00. The smallest absolute Gasteiger partial charge is 0.343 e. The van der Waals surface area contributed by atoms with Gasteiger partial charge in [0.05, 0.1) is 18.2 Å². The number of hydrogen-bond donors (Lipinski definition) is 1. The van der Waals surface area contributed by atoms with E-state index in [1.54, 1.807) is 24.3 Å². The summed E-state index contributed by atoms with van der Waals surface area (Å²) >= 11 is 0.712. The molecule has 0 spiro atoms. The molecular weight excluding hydrogens is 504 g/mol. The molecule has 0 aromatic heterocycles. The fourth-order valence-electron chi connectivity index (χ4n) is 3.31. The van der Waals surface area contributed by atoms with Crippen LogP contribution >= 0.6 is 11.8 Å². The summed E-state index contributed by atoms with van der Waals surface area (Å²) in [5.41, 5.74) is 1.88. The zero-order chi connectivity index (χ0) is 26.2. The summed E-state index contributed by atoms with van der Waals surface area (Å²) in [5.74, 6) is -0.805. The standard InChI is InChI=1S/C24H22N4O6S2/c1-13(2)15-6-8-16(9-7-15)22(30)34-18-10-5-14(12-19(18)33-3)11-17-20(25)28-23(26-21(17)29)35-24(27-28)36(4,31)32/h5-13,25H,1-4H3/b17-11+,25-20?. The van der Waals surface area contributed by atoms with Crippen LogP contribution in [-0.4, -0.2) is 54.0 Å². The van der Waals surface area contributed by atoms with Gasteiger partial charge < -0.3 is 9.47 Å². The number of fused-ring (bicyclic) bond motifs is 1. The third-order valence-corrected chi connectivity index (χ3v) is 7.84. The third-order valence-electron chi connectivity index (χ3n) is 5.27. The molecule has 2 aromatic carbocycles. The van der Waals surface area contributed by atoms with Gasteiger partial charge in [0, 0.05) is 6.26 Å². The largest absolute Gasteiger partial charge is 0.493 e. The van der Waals surface area contributed by atoms with Crippen LogP contribution in [0.25, 0.3) is 6.08 Å². The molecule has 2 heterocycles. The average molecular weight is 527 g/mol. The summed E-state index contributed by atoms with van der Waals surface area (Å²) in [4.78, 5) is 29.0. The van der Waals surface area contributed by atoms with Gasteiger partial charge in [0.1, 0.15) is 0 Å². The van der Waals surface area contributed by atoms with Gasteiger partial charge in [-0.3, -0.25) is 10.2 Å². The van der Waals surface area contributed by atoms with Gasteiger partial charge in [-0.25, -0.2) is 13.2 Å². The molecule has 0 saturated carbocycles. The summed E-state index contributed by atoms with van der Waals surface area (Å²) in [6.07, 6.45) is 2.39. The maximum Gasteiger partial charge on any atom is 0.343 e. The molecule has 0 unspecified atom stereocenters. The molecule has 4 rings (SSSR count). The number of nitrogens with one attached hydrogen (secondary N) is 1. The first-order chi connectivity index (χ1) is 17.0. The highest BCUT2D eigenvalue weighted by molar-refractivity contribution is 8.42. The Morgan fingerprint density at radius 2 is 1.83 bits per heavy atom. The molecule has 0 saturated heterocycles. The van der Waals surface area contributed by atoms with Gasteiger partial charge in [0.15, 0.2) is 17.3 Å². The zero-order valence-electron chi connectivity index (χ0n) is 19.8. The van der Waals surface area contributed by atoms with Crippen LogP contribution in [0.3, 0.4) is 0 Å². The summed E-state index contributed by atoms with van der Waals surface area (Å²) in [6.45, 7) is 4.12. The number of nitrogens with zero attached hydrogens (tertiary/aromatic N) is 3. The summed E-state index contributed by atoms with van der Waals surface area (Å²) in [7, 11) is -2.21. The van der Waals surface area contributed by atoms with Gasteiger partial charge >= 0.3 is 5.97 Å². The van der Waals surface area contributed by atoms with Crippen molar-refractivity contribution in [2.75, 3.05) is 13.4 Å². The Bertz CT molecular complexity index is 1470. The number of amides is 1. The van der Waals surface area contributed by atoms with E-state index in [4.69, 9.17) is 14.9 Å². The van der Waals surface area contributed by atoms with E-state index in [-0.39, 0.29) is 32.5 Å². The summed E-state index contributed by atoms with van der Waals surface area (Å²) < 4.78 is 34.2. The molecule has 10 nitrogen and oxygen atoms in total. The first-order valence-corrected chi connectivity index (χ1v) is 13.4. The lowest BCUT2D eigenvalue weighted by atomic mass is 10.0. The van der Waals surface area contributed by atoms with Crippen LogP contribution in [0.15, 0.2) is 58.1 Å². The second-order valence-corrected chi connectivity index (χ2v) is 11.4. The lowest BCUT2D eigenvalue weighted by molar-refractivity contribution is -0.114. The molecule has 1 amide bonds. The Morgan fingerprint density at radius 3 is 2.44 bits per heavy atom. The lowest BCUT2D eigenvalue weighted by Crippen LogP contribution is -2.35. The van der Waals surface area contributed by atoms with Crippen molar-refractivity contribution in [1.29, 1.82) is 5.41 Å². The topological polar surface area (TPSA) is 139 Å². The number of carbonyl (C=O) groups is 2. The molecule has 2 aromatic rings. The van der Waals surface area contributed by atoms with Gasteiger partial charge in [-0.2, -0.15) is 10.0 Å². The quantitative estimate of drug-likeness (QED) is 0.354.